The highest BCUT2D eigenvalue weighted by atomic mass is 35.5. The molecule has 4 heteroatoms. The van der Waals surface area contributed by atoms with E-state index in [-0.39, 0.29) is 12.2 Å². The first-order valence-electron chi connectivity index (χ1n) is 5.52. The number of ketones is 1. The van der Waals surface area contributed by atoms with Gasteiger partial charge in [-0.1, -0.05) is 35.0 Å². The van der Waals surface area contributed by atoms with Crippen molar-refractivity contribution in [2.75, 3.05) is 0 Å². The summed E-state index contributed by atoms with van der Waals surface area (Å²) in [4.78, 5) is 11.7. The highest BCUT2D eigenvalue weighted by Gasteiger charge is 2.05. The molecule has 0 unspecified atom stereocenters. The van der Waals surface area contributed by atoms with Crippen molar-refractivity contribution in [3.63, 3.8) is 0 Å². The molecule has 1 aromatic carbocycles. The van der Waals surface area contributed by atoms with Gasteiger partial charge in [0.05, 0.1) is 12.1 Å². The van der Waals surface area contributed by atoms with E-state index in [0.29, 0.717) is 10.8 Å². The Hall–Kier alpha value is -1.87. The van der Waals surface area contributed by atoms with Gasteiger partial charge >= 0.3 is 0 Å². The minimum absolute atomic E-state index is 0.0268. The maximum absolute atomic E-state index is 11.7. The Balaban J connectivity index is 1.96. The largest absolute Gasteiger partial charge is 0.361 e. The second-order valence-electron chi connectivity index (χ2n) is 3.96. The van der Waals surface area contributed by atoms with Crippen LogP contribution in [-0.4, -0.2) is 10.9 Å². The van der Waals surface area contributed by atoms with Crippen molar-refractivity contribution < 1.29 is 9.32 Å². The maximum Gasteiger partial charge on any atom is 0.163 e. The zero-order valence-electron chi connectivity index (χ0n) is 9.89. The van der Waals surface area contributed by atoms with E-state index < -0.39 is 0 Å². The second kappa shape index (κ2) is 5.65. The minimum atomic E-state index is -0.0268. The molecule has 0 radical (unpaired) electrons. The summed E-state index contributed by atoms with van der Waals surface area (Å²) in [6.07, 6.45) is 3.51. The Morgan fingerprint density at radius 2 is 2.11 bits per heavy atom. The van der Waals surface area contributed by atoms with Crippen molar-refractivity contribution in [1.29, 1.82) is 0 Å². The Bertz CT molecular complexity index is 570. The number of halogens is 1. The first kappa shape index (κ1) is 12.6. The molecule has 0 N–H and O–H groups in total. The van der Waals surface area contributed by atoms with Gasteiger partial charge in [-0.2, -0.15) is 0 Å². The number of hydrogen-bond donors (Lipinski definition) is 0. The van der Waals surface area contributed by atoms with Crippen molar-refractivity contribution in [3.8, 4) is 0 Å². The van der Waals surface area contributed by atoms with Gasteiger partial charge in [-0.25, -0.2) is 0 Å². The summed E-state index contributed by atoms with van der Waals surface area (Å²) in [6.45, 7) is 1.82. The summed E-state index contributed by atoms with van der Waals surface area (Å²) in [5, 5.41) is 4.41. The number of allylic oxidation sites excluding steroid dienone is 1. The first-order chi connectivity index (χ1) is 8.63. The van der Waals surface area contributed by atoms with Gasteiger partial charge in [0, 0.05) is 11.1 Å². The van der Waals surface area contributed by atoms with Crippen LogP contribution in [0.15, 0.2) is 40.9 Å². The van der Waals surface area contributed by atoms with Crippen LogP contribution in [0.1, 0.15) is 17.0 Å². The summed E-state index contributed by atoms with van der Waals surface area (Å²) < 4.78 is 4.98. The number of benzene rings is 1. The summed E-state index contributed by atoms with van der Waals surface area (Å²) in [5.74, 6) is 0.555. The molecule has 2 rings (SSSR count). The molecule has 0 saturated heterocycles. The summed E-state index contributed by atoms with van der Waals surface area (Å²) in [6, 6.07) is 9.03. The molecule has 2 aromatic rings. The average molecular weight is 262 g/mol. The van der Waals surface area contributed by atoms with Gasteiger partial charge in [0.25, 0.3) is 0 Å². The molecule has 0 aliphatic carbocycles. The quantitative estimate of drug-likeness (QED) is 0.792. The summed E-state index contributed by atoms with van der Waals surface area (Å²) in [7, 11) is 0. The van der Waals surface area contributed by atoms with Gasteiger partial charge in [-0.15, -0.1) is 0 Å². The Labute approximate surface area is 110 Å². The van der Waals surface area contributed by atoms with E-state index in [1.807, 2.05) is 19.1 Å². The highest BCUT2D eigenvalue weighted by Crippen LogP contribution is 2.11. The molecule has 0 fully saturated rings. The molecular formula is C14H12ClNO2. The molecule has 0 aliphatic heterocycles. The lowest BCUT2D eigenvalue weighted by molar-refractivity contribution is -0.114. The van der Waals surface area contributed by atoms with Crippen LogP contribution in [0.25, 0.3) is 6.08 Å². The Kier molecular flexibility index (Phi) is 3.95. The van der Waals surface area contributed by atoms with Crippen LogP contribution in [-0.2, 0) is 11.2 Å². The molecule has 92 valence electrons. The second-order valence-corrected chi connectivity index (χ2v) is 4.40. The lowest BCUT2D eigenvalue weighted by Gasteiger charge is -1.93. The Morgan fingerprint density at radius 1 is 1.39 bits per heavy atom. The van der Waals surface area contributed by atoms with Crippen molar-refractivity contribution in [3.05, 3.63) is 58.4 Å². The molecule has 3 nitrogen and oxygen atoms in total. The third kappa shape index (κ3) is 3.57. The zero-order valence-corrected chi connectivity index (χ0v) is 10.6. The minimum Gasteiger partial charge on any atom is -0.361 e. The van der Waals surface area contributed by atoms with E-state index in [1.54, 1.807) is 24.3 Å². The number of carbonyl (C=O) groups is 1. The van der Waals surface area contributed by atoms with Crippen molar-refractivity contribution in [2.24, 2.45) is 0 Å². The number of aromatic nitrogens is 1. The SMILES string of the molecule is Cc1cc(CC(=O)C=Cc2ccc(Cl)cc2)on1. The average Bonchev–Trinajstić information content (AvgIpc) is 2.74. The first-order valence-corrected chi connectivity index (χ1v) is 5.90. The predicted molar refractivity (Wildman–Crippen MR) is 70.4 cm³/mol. The lowest BCUT2D eigenvalue weighted by Crippen LogP contribution is -1.96. The fourth-order valence-corrected chi connectivity index (χ4v) is 1.62. The van der Waals surface area contributed by atoms with Gasteiger partial charge in [-0.3, -0.25) is 4.79 Å². The number of nitrogens with zero attached hydrogens (tertiary/aromatic N) is 1. The van der Waals surface area contributed by atoms with Crippen LogP contribution in [0.4, 0.5) is 0 Å². The summed E-state index contributed by atoms with van der Waals surface area (Å²) >= 11 is 5.77. The molecule has 1 heterocycles. The number of carbonyl (C=O) groups excluding carboxylic acids is 1. The van der Waals surface area contributed by atoms with Gasteiger partial charge in [0.15, 0.2) is 5.78 Å². The van der Waals surface area contributed by atoms with Crippen molar-refractivity contribution in [2.45, 2.75) is 13.3 Å². The number of rotatable bonds is 4. The topological polar surface area (TPSA) is 43.1 Å². The normalized spacial score (nSPS) is 11.0. The van der Waals surface area contributed by atoms with Crippen LogP contribution in [0.2, 0.25) is 5.02 Å². The van der Waals surface area contributed by atoms with Gasteiger partial charge < -0.3 is 4.52 Å². The van der Waals surface area contributed by atoms with Crippen LogP contribution >= 0.6 is 11.6 Å². The molecule has 0 atom stereocenters. The zero-order chi connectivity index (χ0) is 13.0. The van der Waals surface area contributed by atoms with E-state index in [0.717, 1.165) is 11.3 Å². The van der Waals surface area contributed by atoms with E-state index in [1.165, 1.54) is 6.08 Å². The smallest absolute Gasteiger partial charge is 0.163 e. The maximum atomic E-state index is 11.7. The van der Waals surface area contributed by atoms with Gasteiger partial charge in [0.2, 0.25) is 0 Å². The van der Waals surface area contributed by atoms with Crippen LogP contribution in [0.3, 0.4) is 0 Å². The van der Waals surface area contributed by atoms with Crippen LogP contribution in [0.5, 0.6) is 0 Å². The molecule has 0 bridgehead atoms. The molecular weight excluding hydrogens is 250 g/mol. The third-order valence-corrected chi connectivity index (χ3v) is 2.61. The third-order valence-electron chi connectivity index (χ3n) is 2.36. The van der Waals surface area contributed by atoms with Gasteiger partial charge in [-0.05, 0) is 30.7 Å². The molecule has 0 aliphatic rings. The molecule has 1 aromatic heterocycles. The van der Waals surface area contributed by atoms with E-state index in [2.05, 4.69) is 5.16 Å². The lowest BCUT2D eigenvalue weighted by atomic mass is 10.1. The molecule has 18 heavy (non-hydrogen) atoms. The number of aryl methyl sites for hydroxylation is 1. The number of hydrogen-bond acceptors (Lipinski definition) is 3. The summed E-state index contributed by atoms with van der Waals surface area (Å²) in [5.41, 5.74) is 1.71. The Morgan fingerprint density at radius 3 is 2.72 bits per heavy atom. The monoisotopic (exact) mass is 261 g/mol. The van der Waals surface area contributed by atoms with Crippen molar-refractivity contribution >= 4 is 23.5 Å². The fraction of sp³-hybridized carbons (Fsp3) is 0.143. The fourth-order valence-electron chi connectivity index (χ4n) is 1.49. The predicted octanol–water partition coefficient (Wildman–Crippen LogP) is 3.46. The molecule has 0 spiro atoms. The van der Waals surface area contributed by atoms with Crippen LogP contribution in [0, 0.1) is 6.92 Å². The standard InChI is InChI=1S/C14H12ClNO2/c1-10-8-14(18-16-10)9-13(17)7-4-11-2-5-12(15)6-3-11/h2-8H,9H2,1H3. The van der Waals surface area contributed by atoms with Crippen molar-refractivity contribution in [1.82, 2.24) is 5.16 Å². The van der Waals surface area contributed by atoms with E-state index in [9.17, 15) is 4.79 Å². The van der Waals surface area contributed by atoms with E-state index >= 15 is 0 Å². The molecule has 0 amide bonds. The van der Waals surface area contributed by atoms with Crippen LogP contribution < -0.4 is 0 Å². The molecule has 0 saturated carbocycles. The highest BCUT2D eigenvalue weighted by molar-refractivity contribution is 6.30. The van der Waals surface area contributed by atoms with Gasteiger partial charge in [0.1, 0.15) is 5.76 Å². The van der Waals surface area contributed by atoms with E-state index in [4.69, 9.17) is 16.1 Å².